The molecule has 1 aliphatic heterocycles. The Morgan fingerprint density at radius 1 is 1.39 bits per heavy atom. The van der Waals surface area contributed by atoms with E-state index >= 15 is 0 Å². The standard InChI is InChI=1S/C12H15F2N3.HI/c1-17-8-7-16-12(17)15-6-5-9-3-2-4-10(13)11(9)14;/h2-4H,5-8H2,1H3,(H,15,16);1H. The monoisotopic (exact) mass is 367 g/mol. The highest BCUT2D eigenvalue weighted by atomic mass is 127. The number of likely N-dealkylation sites (N-methyl/N-ethyl adjacent to an activating group) is 1. The summed E-state index contributed by atoms with van der Waals surface area (Å²) in [5.41, 5.74) is 0.388. The Morgan fingerprint density at radius 3 is 2.83 bits per heavy atom. The lowest BCUT2D eigenvalue weighted by atomic mass is 10.1. The molecular formula is C12H16F2IN3. The summed E-state index contributed by atoms with van der Waals surface area (Å²) < 4.78 is 26.3. The van der Waals surface area contributed by atoms with Crippen LogP contribution in [0.4, 0.5) is 8.78 Å². The molecule has 0 aromatic heterocycles. The predicted molar refractivity (Wildman–Crippen MR) is 78.4 cm³/mol. The number of nitrogens with zero attached hydrogens (tertiary/aromatic N) is 2. The molecule has 0 bridgehead atoms. The van der Waals surface area contributed by atoms with Crippen LogP contribution in [0.15, 0.2) is 23.2 Å². The third kappa shape index (κ3) is 3.54. The van der Waals surface area contributed by atoms with E-state index in [1.54, 1.807) is 6.07 Å². The second-order valence-corrected chi connectivity index (χ2v) is 4.02. The molecule has 3 nitrogen and oxygen atoms in total. The summed E-state index contributed by atoms with van der Waals surface area (Å²) in [7, 11) is 1.95. The van der Waals surface area contributed by atoms with Gasteiger partial charge < -0.3 is 10.2 Å². The SMILES string of the molecule is CN1CCN=C1NCCc1cccc(F)c1F.I. The van der Waals surface area contributed by atoms with Crippen molar-refractivity contribution < 1.29 is 8.78 Å². The van der Waals surface area contributed by atoms with Gasteiger partial charge in [-0.15, -0.1) is 24.0 Å². The summed E-state index contributed by atoms with van der Waals surface area (Å²) in [4.78, 5) is 6.25. The first-order valence-corrected chi connectivity index (χ1v) is 5.61. The van der Waals surface area contributed by atoms with E-state index in [-0.39, 0.29) is 24.0 Å². The van der Waals surface area contributed by atoms with Gasteiger partial charge in [-0.2, -0.15) is 0 Å². The quantitative estimate of drug-likeness (QED) is 0.828. The van der Waals surface area contributed by atoms with Gasteiger partial charge in [-0.05, 0) is 18.1 Å². The van der Waals surface area contributed by atoms with Crippen LogP contribution in [-0.4, -0.2) is 37.5 Å². The molecule has 0 unspecified atom stereocenters. The largest absolute Gasteiger partial charge is 0.356 e. The Hall–Kier alpha value is -0.920. The van der Waals surface area contributed by atoms with Gasteiger partial charge in [0, 0.05) is 20.1 Å². The van der Waals surface area contributed by atoms with E-state index in [9.17, 15) is 8.78 Å². The van der Waals surface area contributed by atoms with Crippen LogP contribution in [0.3, 0.4) is 0 Å². The topological polar surface area (TPSA) is 27.6 Å². The first kappa shape index (κ1) is 15.1. The molecule has 0 amide bonds. The van der Waals surface area contributed by atoms with Gasteiger partial charge >= 0.3 is 0 Å². The van der Waals surface area contributed by atoms with Crippen molar-refractivity contribution in [3.63, 3.8) is 0 Å². The first-order valence-electron chi connectivity index (χ1n) is 5.61. The van der Waals surface area contributed by atoms with Crippen molar-refractivity contribution in [3.8, 4) is 0 Å². The number of halogens is 3. The van der Waals surface area contributed by atoms with Crippen molar-refractivity contribution in [3.05, 3.63) is 35.4 Å². The summed E-state index contributed by atoms with van der Waals surface area (Å²) in [6, 6.07) is 4.24. The van der Waals surface area contributed by atoms with Crippen LogP contribution in [0, 0.1) is 11.6 Å². The molecule has 0 aliphatic carbocycles. The molecule has 2 rings (SSSR count). The molecule has 0 saturated heterocycles. The molecule has 100 valence electrons. The molecular weight excluding hydrogens is 351 g/mol. The van der Waals surface area contributed by atoms with E-state index in [0.29, 0.717) is 18.5 Å². The van der Waals surface area contributed by atoms with Crippen molar-refractivity contribution in [2.45, 2.75) is 6.42 Å². The minimum absolute atomic E-state index is 0. The Morgan fingerprint density at radius 2 is 2.17 bits per heavy atom. The van der Waals surface area contributed by atoms with Crippen molar-refractivity contribution in [2.24, 2.45) is 4.99 Å². The minimum Gasteiger partial charge on any atom is -0.356 e. The Kier molecular flexibility index (Phi) is 5.77. The fourth-order valence-corrected chi connectivity index (χ4v) is 1.77. The summed E-state index contributed by atoms with van der Waals surface area (Å²) in [6.07, 6.45) is 0.441. The summed E-state index contributed by atoms with van der Waals surface area (Å²) in [6.45, 7) is 2.23. The molecule has 18 heavy (non-hydrogen) atoms. The van der Waals surface area contributed by atoms with E-state index in [0.717, 1.165) is 25.1 Å². The second kappa shape index (κ2) is 6.86. The van der Waals surface area contributed by atoms with Gasteiger partial charge in [0.25, 0.3) is 0 Å². The van der Waals surface area contributed by atoms with Crippen LogP contribution in [0.2, 0.25) is 0 Å². The molecule has 1 aromatic carbocycles. The van der Waals surface area contributed by atoms with E-state index in [4.69, 9.17) is 0 Å². The fourth-order valence-electron chi connectivity index (χ4n) is 1.77. The Labute approximate surface area is 122 Å². The van der Waals surface area contributed by atoms with Crippen molar-refractivity contribution in [2.75, 3.05) is 26.7 Å². The molecule has 0 spiro atoms. The zero-order chi connectivity index (χ0) is 12.3. The van der Waals surface area contributed by atoms with Gasteiger partial charge in [-0.3, -0.25) is 4.99 Å². The van der Waals surface area contributed by atoms with Crippen LogP contribution in [0.5, 0.6) is 0 Å². The molecule has 1 aromatic rings. The molecule has 0 radical (unpaired) electrons. The number of rotatable bonds is 3. The number of hydrogen-bond acceptors (Lipinski definition) is 3. The van der Waals surface area contributed by atoms with Crippen LogP contribution >= 0.6 is 24.0 Å². The highest BCUT2D eigenvalue weighted by Gasteiger charge is 2.12. The minimum atomic E-state index is -0.794. The molecule has 0 saturated carbocycles. The van der Waals surface area contributed by atoms with Crippen LogP contribution in [-0.2, 0) is 6.42 Å². The molecule has 1 heterocycles. The van der Waals surface area contributed by atoms with E-state index in [1.165, 1.54) is 6.07 Å². The van der Waals surface area contributed by atoms with E-state index in [2.05, 4.69) is 10.3 Å². The lowest BCUT2D eigenvalue weighted by Crippen LogP contribution is -2.36. The number of benzene rings is 1. The molecule has 0 atom stereocenters. The molecule has 1 aliphatic rings. The smallest absolute Gasteiger partial charge is 0.193 e. The van der Waals surface area contributed by atoms with Crippen molar-refractivity contribution >= 4 is 29.9 Å². The van der Waals surface area contributed by atoms with Gasteiger partial charge in [0.1, 0.15) is 0 Å². The molecule has 6 heteroatoms. The zero-order valence-electron chi connectivity index (χ0n) is 10.1. The number of guanidine groups is 1. The van der Waals surface area contributed by atoms with Gasteiger partial charge in [-0.25, -0.2) is 8.78 Å². The van der Waals surface area contributed by atoms with Gasteiger partial charge in [0.2, 0.25) is 0 Å². The number of aliphatic imine (C=N–C) groups is 1. The van der Waals surface area contributed by atoms with Gasteiger partial charge in [0.15, 0.2) is 17.6 Å². The number of hydrogen-bond donors (Lipinski definition) is 1. The maximum absolute atomic E-state index is 13.3. The maximum atomic E-state index is 13.3. The third-order valence-corrected chi connectivity index (χ3v) is 2.77. The lowest BCUT2D eigenvalue weighted by Gasteiger charge is -2.15. The molecule has 1 N–H and O–H groups in total. The summed E-state index contributed by atoms with van der Waals surface area (Å²) >= 11 is 0. The number of nitrogens with one attached hydrogen (secondary N) is 1. The van der Waals surface area contributed by atoms with Gasteiger partial charge in [0.05, 0.1) is 6.54 Å². The molecule has 0 fully saturated rings. The van der Waals surface area contributed by atoms with Crippen LogP contribution < -0.4 is 5.32 Å². The van der Waals surface area contributed by atoms with Gasteiger partial charge in [-0.1, -0.05) is 12.1 Å². The fraction of sp³-hybridized carbons (Fsp3) is 0.417. The highest BCUT2D eigenvalue weighted by molar-refractivity contribution is 14.0. The van der Waals surface area contributed by atoms with E-state index < -0.39 is 11.6 Å². The highest BCUT2D eigenvalue weighted by Crippen LogP contribution is 2.11. The lowest BCUT2D eigenvalue weighted by molar-refractivity contribution is 0.496. The maximum Gasteiger partial charge on any atom is 0.193 e. The zero-order valence-corrected chi connectivity index (χ0v) is 12.4. The van der Waals surface area contributed by atoms with Crippen LogP contribution in [0.1, 0.15) is 5.56 Å². The average molecular weight is 367 g/mol. The van der Waals surface area contributed by atoms with E-state index in [1.807, 2.05) is 11.9 Å². The average Bonchev–Trinajstić information content (AvgIpc) is 2.71. The second-order valence-electron chi connectivity index (χ2n) is 4.02. The predicted octanol–water partition coefficient (Wildman–Crippen LogP) is 2.02. The first-order chi connectivity index (χ1) is 8.18. The normalized spacial score (nSPS) is 14.2. The Balaban J connectivity index is 0.00000162. The van der Waals surface area contributed by atoms with Crippen molar-refractivity contribution in [1.82, 2.24) is 10.2 Å². The third-order valence-electron chi connectivity index (χ3n) is 2.77. The summed E-state index contributed by atoms with van der Waals surface area (Å²) in [5.74, 6) is -0.726. The Bertz CT molecular complexity index is 437. The van der Waals surface area contributed by atoms with Crippen molar-refractivity contribution in [1.29, 1.82) is 0 Å². The summed E-state index contributed by atoms with van der Waals surface area (Å²) in [5, 5.41) is 3.11. The van der Waals surface area contributed by atoms with Crippen LogP contribution in [0.25, 0.3) is 0 Å².